The van der Waals surface area contributed by atoms with E-state index in [4.69, 9.17) is 11.6 Å². The van der Waals surface area contributed by atoms with E-state index in [1.54, 1.807) is 29.2 Å². The fourth-order valence-electron chi connectivity index (χ4n) is 2.33. The second-order valence-corrected chi connectivity index (χ2v) is 6.47. The molecule has 1 aromatic carbocycles. The molecule has 0 bridgehead atoms. The van der Waals surface area contributed by atoms with E-state index in [0.29, 0.717) is 23.2 Å². The minimum Gasteiger partial charge on any atom is -0.313 e. The lowest BCUT2D eigenvalue weighted by Gasteiger charge is -2.18. The van der Waals surface area contributed by atoms with Gasteiger partial charge in [-0.05, 0) is 31.2 Å². The number of anilines is 2. The predicted molar refractivity (Wildman–Crippen MR) is 91.2 cm³/mol. The third kappa shape index (κ3) is 3.62. The lowest BCUT2D eigenvalue weighted by atomic mass is 10.3. The number of nitrogens with zero attached hydrogens (tertiary/aromatic N) is 3. The molecule has 1 fully saturated rings. The van der Waals surface area contributed by atoms with Crippen LogP contribution in [-0.4, -0.2) is 41.5 Å². The Morgan fingerprint density at radius 1 is 1.35 bits per heavy atom. The van der Waals surface area contributed by atoms with Gasteiger partial charge in [0.1, 0.15) is 6.54 Å². The highest BCUT2D eigenvalue weighted by atomic mass is 35.5. The predicted octanol–water partition coefficient (Wildman–Crippen LogP) is 2.99. The summed E-state index contributed by atoms with van der Waals surface area (Å²) in [5.74, 6) is -0.245. The van der Waals surface area contributed by atoms with Crippen LogP contribution in [0.1, 0.15) is 5.69 Å². The van der Waals surface area contributed by atoms with Crippen LogP contribution < -0.4 is 10.2 Å². The first-order chi connectivity index (χ1) is 11.0. The summed E-state index contributed by atoms with van der Waals surface area (Å²) in [7, 11) is 0. The van der Waals surface area contributed by atoms with Gasteiger partial charge in [0.05, 0.1) is 5.69 Å². The highest BCUT2D eigenvalue weighted by molar-refractivity contribution is 7.13. The van der Waals surface area contributed by atoms with E-state index in [-0.39, 0.29) is 18.5 Å². The summed E-state index contributed by atoms with van der Waals surface area (Å²) in [6.45, 7) is 2.93. The Morgan fingerprint density at radius 3 is 2.74 bits per heavy atom. The number of amides is 3. The van der Waals surface area contributed by atoms with Gasteiger partial charge in [-0.15, -0.1) is 11.3 Å². The van der Waals surface area contributed by atoms with Gasteiger partial charge in [0.15, 0.2) is 5.13 Å². The number of urea groups is 1. The fourth-order valence-corrected chi connectivity index (χ4v) is 3.16. The molecule has 0 saturated carbocycles. The minimum absolute atomic E-state index is 0.0154. The molecule has 0 aliphatic carbocycles. The van der Waals surface area contributed by atoms with Crippen molar-refractivity contribution in [3.63, 3.8) is 0 Å². The minimum atomic E-state index is -0.245. The Kier molecular flexibility index (Phi) is 4.49. The maximum absolute atomic E-state index is 12.4. The van der Waals surface area contributed by atoms with Crippen molar-refractivity contribution < 1.29 is 9.59 Å². The van der Waals surface area contributed by atoms with Crippen molar-refractivity contribution in [2.24, 2.45) is 0 Å². The van der Waals surface area contributed by atoms with E-state index in [9.17, 15) is 9.59 Å². The molecule has 1 saturated heterocycles. The molecule has 23 heavy (non-hydrogen) atoms. The second-order valence-electron chi connectivity index (χ2n) is 5.17. The molecule has 120 valence electrons. The second kappa shape index (κ2) is 6.55. The van der Waals surface area contributed by atoms with Crippen LogP contribution >= 0.6 is 22.9 Å². The lowest BCUT2D eigenvalue weighted by molar-refractivity contribution is -0.116. The van der Waals surface area contributed by atoms with E-state index in [2.05, 4.69) is 10.3 Å². The SMILES string of the molecule is Cc1csc(NC(=O)CN2CCN(c3ccc(Cl)cc3)C2=O)n1. The number of rotatable bonds is 4. The molecule has 2 heterocycles. The molecular weight excluding hydrogens is 336 g/mol. The van der Waals surface area contributed by atoms with Gasteiger partial charge in [-0.2, -0.15) is 0 Å². The van der Waals surface area contributed by atoms with Crippen LogP contribution in [0.25, 0.3) is 0 Å². The molecule has 1 aromatic heterocycles. The van der Waals surface area contributed by atoms with Gasteiger partial charge in [-0.25, -0.2) is 9.78 Å². The molecule has 3 amide bonds. The molecule has 1 aliphatic heterocycles. The van der Waals surface area contributed by atoms with Crippen LogP contribution in [0.15, 0.2) is 29.6 Å². The van der Waals surface area contributed by atoms with Gasteiger partial charge in [-0.3, -0.25) is 9.69 Å². The largest absolute Gasteiger partial charge is 0.325 e. The zero-order valence-electron chi connectivity index (χ0n) is 12.5. The van der Waals surface area contributed by atoms with Crippen LogP contribution in [0.2, 0.25) is 5.02 Å². The third-order valence-corrected chi connectivity index (χ3v) is 4.56. The van der Waals surface area contributed by atoms with E-state index >= 15 is 0 Å². The number of carbonyl (C=O) groups excluding carboxylic acids is 2. The van der Waals surface area contributed by atoms with Gasteiger partial charge >= 0.3 is 6.03 Å². The summed E-state index contributed by atoms with van der Waals surface area (Å²) in [5, 5.41) is 5.74. The Balaban J connectivity index is 1.60. The smallest absolute Gasteiger partial charge is 0.313 e. The zero-order chi connectivity index (χ0) is 16.4. The third-order valence-electron chi connectivity index (χ3n) is 3.43. The average molecular weight is 351 g/mol. The van der Waals surface area contributed by atoms with E-state index < -0.39 is 0 Å². The molecule has 6 nitrogen and oxygen atoms in total. The summed E-state index contributed by atoms with van der Waals surface area (Å²) >= 11 is 7.23. The van der Waals surface area contributed by atoms with Gasteiger partial charge in [0.2, 0.25) is 5.91 Å². The monoisotopic (exact) mass is 350 g/mol. The number of halogens is 1. The van der Waals surface area contributed by atoms with Crippen LogP contribution in [0.3, 0.4) is 0 Å². The summed E-state index contributed by atoms with van der Waals surface area (Å²) in [5.41, 5.74) is 1.63. The highest BCUT2D eigenvalue weighted by Crippen LogP contribution is 2.22. The number of aromatic nitrogens is 1. The van der Waals surface area contributed by atoms with E-state index in [1.165, 1.54) is 16.2 Å². The van der Waals surface area contributed by atoms with Crippen molar-refractivity contribution in [2.75, 3.05) is 29.9 Å². The first kappa shape index (κ1) is 15.8. The standard InChI is InChI=1S/C15H15ClN4O2S/c1-10-9-23-14(17-10)18-13(21)8-19-6-7-20(15(19)22)12-4-2-11(16)3-5-12/h2-5,9H,6-8H2,1H3,(H,17,18,21). The number of carbonyl (C=O) groups is 2. The molecule has 3 rings (SSSR count). The molecule has 8 heteroatoms. The summed E-state index contributed by atoms with van der Waals surface area (Å²) in [6.07, 6.45) is 0. The molecule has 1 N–H and O–H groups in total. The number of aryl methyl sites for hydroxylation is 1. The maximum atomic E-state index is 12.4. The summed E-state index contributed by atoms with van der Waals surface area (Å²) in [6, 6.07) is 6.89. The average Bonchev–Trinajstić information content (AvgIpc) is 3.07. The molecule has 1 aliphatic rings. The van der Waals surface area contributed by atoms with Gasteiger partial charge in [0.25, 0.3) is 0 Å². The van der Waals surface area contributed by atoms with Crippen LogP contribution in [0.5, 0.6) is 0 Å². The van der Waals surface area contributed by atoms with Crippen molar-refractivity contribution in [1.29, 1.82) is 0 Å². The highest BCUT2D eigenvalue weighted by Gasteiger charge is 2.30. The van der Waals surface area contributed by atoms with Crippen molar-refractivity contribution in [3.8, 4) is 0 Å². The van der Waals surface area contributed by atoms with Crippen LogP contribution in [0.4, 0.5) is 15.6 Å². The number of thiazole rings is 1. The first-order valence-electron chi connectivity index (χ1n) is 7.07. The number of hydrogen-bond donors (Lipinski definition) is 1. The first-order valence-corrected chi connectivity index (χ1v) is 8.32. The maximum Gasteiger partial charge on any atom is 0.325 e. The summed E-state index contributed by atoms with van der Waals surface area (Å²) < 4.78 is 0. The van der Waals surface area contributed by atoms with Gasteiger partial charge in [0, 0.05) is 29.2 Å². The Hall–Kier alpha value is -2.12. The topological polar surface area (TPSA) is 65.5 Å². The van der Waals surface area contributed by atoms with Crippen molar-refractivity contribution >= 4 is 45.7 Å². The van der Waals surface area contributed by atoms with Gasteiger partial charge in [-0.1, -0.05) is 11.6 Å². The van der Waals surface area contributed by atoms with Crippen molar-refractivity contribution in [3.05, 3.63) is 40.4 Å². The normalized spacial score (nSPS) is 14.4. The fraction of sp³-hybridized carbons (Fsp3) is 0.267. The van der Waals surface area contributed by atoms with Crippen LogP contribution in [0, 0.1) is 6.92 Å². The molecule has 0 atom stereocenters. The Bertz CT molecular complexity index is 731. The van der Waals surface area contributed by atoms with Gasteiger partial charge < -0.3 is 10.2 Å². The summed E-state index contributed by atoms with van der Waals surface area (Å²) in [4.78, 5) is 31.8. The Labute approximate surface area is 142 Å². The number of nitrogens with one attached hydrogen (secondary N) is 1. The van der Waals surface area contributed by atoms with Crippen molar-refractivity contribution in [2.45, 2.75) is 6.92 Å². The lowest BCUT2D eigenvalue weighted by Crippen LogP contribution is -2.37. The van der Waals surface area contributed by atoms with Crippen molar-refractivity contribution in [1.82, 2.24) is 9.88 Å². The Morgan fingerprint density at radius 2 is 2.09 bits per heavy atom. The quantitative estimate of drug-likeness (QED) is 0.921. The van der Waals surface area contributed by atoms with Crippen LogP contribution in [-0.2, 0) is 4.79 Å². The zero-order valence-corrected chi connectivity index (χ0v) is 14.0. The molecule has 0 unspecified atom stereocenters. The number of hydrogen-bond acceptors (Lipinski definition) is 4. The molecule has 0 spiro atoms. The molecule has 2 aromatic rings. The van der Waals surface area contributed by atoms with E-state index in [0.717, 1.165) is 11.4 Å². The molecular formula is C15H15ClN4O2S. The van der Waals surface area contributed by atoms with E-state index in [1.807, 2.05) is 12.3 Å². The molecule has 0 radical (unpaired) electrons. The number of benzene rings is 1.